The molecule has 1 aliphatic carbocycles. The van der Waals surface area contributed by atoms with E-state index in [0.717, 1.165) is 12.8 Å². The highest BCUT2D eigenvalue weighted by Gasteiger charge is 2.58. The molecule has 2 heteroatoms. The summed E-state index contributed by atoms with van der Waals surface area (Å²) in [5.41, 5.74) is -0.170. The van der Waals surface area contributed by atoms with E-state index in [2.05, 4.69) is 26.1 Å². The molecule has 1 aliphatic rings. The van der Waals surface area contributed by atoms with Gasteiger partial charge in [0.25, 0.3) is 0 Å². The normalized spacial score (nSPS) is 31.2. The van der Waals surface area contributed by atoms with Crippen LogP contribution in [0.4, 0.5) is 0 Å². The molecule has 0 heterocycles. The van der Waals surface area contributed by atoms with E-state index in [1.807, 2.05) is 13.8 Å². The van der Waals surface area contributed by atoms with Crippen molar-refractivity contribution in [3.63, 3.8) is 0 Å². The zero-order valence-corrected chi connectivity index (χ0v) is 10.1. The fourth-order valence-electron chi connectivity index (χ4n) is 2.40. The maximum Gasteiger partial charge on any atom is 0.155 e. The van der Waals surface area contributed by atoms with Gasteiger partial charge in [-0.25, -0.2) is 0 Å². The number of nitrogens with one attached hydrogen (secondary N) is 1. The first-order valence-corrected chi connectivity index (χ1v) is 5.76. The largest absolute Gasteiger partial charge is 0.302 e. The van der Waals surface area contributed by atoms with E-state index in [1.54, 1.807) is 0 Å². The van der Waals surface area contributed by atoms with Crippen LogP contribution < -0.4 is 5.32 Å². The van der Waals surface area contributed by atoms with Gasteiger partial charge in [-0.15, -0.1) is 0 Å². The lowest BCUT2D eigenvalue weighted by molar-refractivity contribution is -0.125. The van der Waals surface area contributed by atoms with Crippen LogP contribution in [0, 0.1) is 11.8 Å². The van der Waals surface area contributed by atoms with Crippen LogP contribution in [-0.2, 0) is 4.79 Å². The summed E-state index contributed by atoms with van der Waals surface area (Å²) in [7, 11) is 0. The summed E-state index contributed by atoms with van der Waals surface area (Å²) >= 11 is 0. The van der Waals surface area contributed by atoms with E-state index in [9.17, 15) is 4.79 Å². The molecule has 1 fully saturated rings. The number of hydrogen-bond donors (Lipinski definition) is 1. The Labute approximate surface area is 87.5 Å². The summed E-state index contributed by atoms with van der Waals surface area (Å²) in [4.78, 5) is 12.1. The molecular weight excluding hydrogens is 174 g/mol. The molecule has 0 aromatic heterocycles. The van der Waals surface area contributed by atoms with Gasteiger partial charge >= 0.3 is 0 Å². The second kappa shape index (κ2) is 4.01. The average molecular weight is 197 g/mol. The molecule has 0 aliphatic heterocycles. The molecule has 1 N–H and O–H groups in total. The fourth-order valence-corrected chi connectivity index (χ4v) is 2.40. The molecule has 0 aromatic carbocycles. The molecule has 1 saturated carbocycles. The van der Waals surface area contributed by atoms with Gasteiger partial charge in [-0.3, -0.25) is 4.79 Å². The quantitative estimate of drug-likeness (QED) is 0.733. The molecule has 0 bridgehead atoms. The summed E-state index contributed by atoms with van der Waals surface area (Å²) in [6.07, 6.45) is 2.15. The van der Waals surface area contributed by atoms with Crippen LogP contribution in [0.25, 0.3) is 0 Å². The highest BCUT2D eigenvalue weighted by molar-refractivity contribution is 5.93. The lowest BCUT2D eigenvalue weighted by Crippen LogP contribution is -2.46. The molecule has 0 saturated heterocycles. The summed E-state index contributed by atoms with van der Waals surface area (Å²) in [6.45, 7) is 10.4. The van der Waals surface area contributed by atoms with Crippen LogP contribution in [0.5, 0.6) is 0 Å². The first-order chi connectivity index (χ1) is 6.44. The molecule has 2 nitrogen and oxygen atoms in total. The van der Waals surface area contributed by atoms with Gasteiger partial charge in [-0.1, -0.05) is 27.2 Å². The Morgan fingerprint density at radius 2 is 2.00 bits per heavy atom. The zero-order chi connectivity index (χ0) is 10.9. The first-order valence-electron chi connectivity index (χ1n) is 5.76. The number of Topliss-reactive ketones (excluding diaryl/α,β-unsaturated/α-hetero) is 1. The highest BCUT2D eigenvalue weighted by Crippen LogP contribution is 2.48. The number of rotatable bonds is 5. The van der Waals surface area contributed by atoms with Crippen molar-refractivity contribution in [3.8, 4) is 0 Å². The highest BCUT2D eigenvalue weighted by atomic mass is 16.1. The standard InChI is InChI=1S/C12H23NO/c1-6-10-7-12(10,13-9(4)5)11(14)8(2)3/h8-10,13H,6-7H2,1-5H3/t10-,12-/m1/s1. The summed E-state index contributed by atoms with van der Waals surface area (Å²) < 4.78 is 0. The predicted octanol–water partition coefficient (Wildman–Crippen LogP) is 2.38. The van der Waals surface area contributed by atoms with Crippen molar-refractivity contribution in [1.29, 1.82) is 0 Å². The third-order valence-corrected chi connectivity index (χ3v) is 3.11. The summed E-state index contributed by atoms with van der Waals surface area (Å²) in [6, 6.07) is 0.397. The number of hydrogen-bond acceptors (Lipinski definition) is 2. The van der Waals surface area contributed by atoms with Gasteiger partial charge in [0, 0.05) is 12.0 Å². The molecule has 0 aromatic rings. The van der Waals surface area contributed by atoms with Crippen molar-refractivity contribution < 1.29 is 4.79 Å². The Hall–Kier alpha value is -0.370. The third-order valence-electron chi connectivity index (χ3n) is 3.11. The van der Waals surface area contributed by atoms with Crippen LogP contribution >= 0.6 is 0 Å². The molecule has 14 heavy (non-hydrogen) atoms. The summed E-state index contributed by atoms with van der Waals surface area (Å²) in [5, 5.41) is 3.46. The van der Waals surface area contributed by atoms with E-state index in [-0.39, 0.29) is 11.5 Å². The van der Waals surface area contributed by atoms with Crippen LogP contribution in [0.1, 0.15) is 47.5 Å². The van der Waals surface area contributed by atoms with Crippen molar-refractivity contribution in [2.45, 2.75) is 59.0 Å². The molecule has 0 spiro atoms. The Kier molecular flexibility index (Phi) is 3.36. The van der Waals surface area contributed by atoms with Crippen molar-refractivity contribution in [1.82, 2.24) is 5.32 Å². The predicted molar refractivity (Wildman–Crippen MR) is 59.2 cm³/mol. The molecule has 1 rings (SSSR count). The second-order valence-electron chi connectivity index (χ2n) is 5.10. The molecule has 0 radical (unpaired) electrons. The average Bonchev–Trinajstić information content (AvgIpc) is 2.77. The monoisotopic (exact) mass is 197 g/mol. The third kappa shape index (κ3) is 2.00. The molecule has 82 valence electrons. The van der Waals surface area contributed by atoms with Gasteiger partial charge in [-0.05, 0) is 26.2 Å². The molecular formula is C12H23NO. The van der Waals surface area contributed by atoms with Crippen molar-refractivity contribution in [3.05, 3.63) is 0 Å². The molecule has 0 unspecified atom stereocenters. The van der Waals surface area contributed by atoms with Crippen molar-refractivity contribution >= 4 is 5.78 Å². The van der Waals surface area contributed by atoms with E-state index in [0.29, 0.717) is 17.7 Å². The van der Waals surface area contributed by atoms with Gasteiger partial charge in [0.15, 0.2) is 5.78 Å². The zero-order valence-electron chi connectivity index (χ0n) is 10.1. The van der Waals surface area contributed by atoms with Crippen LogP contribution in [0.15, 0.2) is 0 Å². The Morgan fingerprint density at radius 3 is 2.29 bits per heavy atom. The number of ketones is 1. The Bertz CT molecular complexity index is 222. The summed E-state index contributed by atoms with van der Waals surface area (Å²) in [5.74, 6) is 1.12. The second-order valence-corrected chi connectivity index (χ2v) is 5.10. The van der Waals surface area contributed by atoms with Crippen LogP contribution in [-0.4, -0.2) is 17.4 Å². The Balaban J connectivity index is 2.70. The number of carbonyl (C=O) groups is 1. The number of carbonyl (C=O) groups excluding carboxylic acids is 1. The van der Waals surface area contributed by atoms with Gasteiger partial charge in [0.2, 0.25) is 0 Å². The maximum atomic E-state index is 12.1. The van der Waals surface area contributed by atoms with Gasteiger partial charge in [-0.2, -0.15) is 0 Å². The smallest absolute Gasteiger partial charge is 0.155 e. The lowest BCUT2D eigenvalue weighted by Gasteiger charge is -2.22. The SMILES string of the molecule is CC[C@@H]1C[C@]1(NC(C)C)C(=O)C(C)C. The minimum atomic E-state index is -0.170. The minimum absolute atomic E-state index is 0.151. The molecule has 0 amide bonds. The van der Waals surface area contributed by atoms with Crippen LogP contribution in [0.2, 0.25) is 0 Å². The maximum absolute atomic E-state index is 12.1. The van der Waals surface area contributed by atoms with Gasteiger partial charge < -0.3 is 5.32 Å². The molecule has 2 atom stereocenters. The van der Waals surface area contributed by atoms with E-state index < -0.39 is 0 Å². The Morgan fingerprint density at radius 1 is 1.43 bits per heavy atom. The van der Waals surface area contributed by atoms with Crippen LogP contribution in [0.3, 0.4) is 0 Å². The first kappa shape index (κ1) is 11.7. The van der Waals surface area contributed by atoms with Gasteiger partial charge in [0.1, 0.15) is 0 Å². The topological polar surface area (TPSA) is 29.1 Å². The lowest BCUT2D eigenvalue weighted by atomic mass is 9.96. The minimum Gasteiger partial charge on any atom is -0.302 e. The van der Waals surface area contributed by atoms with E-state index >= 15 is 0 Å². The van der Waals surface area contributed by atoms with Crippen molar-refractivity contribution in [2.75, 3.05) is 0 Å². The van der Waals surface area contributed by atoms with Crippen molar-refractivity contribution in [2.24, 2.45) is 11.8 Å². The van der Waals surface area contributed by atoms with Gasteiger partial charge in [0.05, 0.1) is 5.54 Å². The van der Waals surface area contributed by atoms with E-state index in [4.69, 9.17) is 0 Å². The van der Waals surface area contributed by atoms with E-state index in [1.165, 1.54) is 0 Å². The fraction of sp³-hybridized carbons (Fsp3) is 0.917.